The van der Waals surface area contributed by atoms with Gasteiger partial charge in [-0.15, -0.1) is 0 Å². The van der Waals surface area contributed by atoms with Crippen LogP contribution in [-0.2, 0) is 0 Å². The van der Waals surface area contributed by atoms with Crippen molar-refractivity contribution in [3.63, 3.8) is 0 Å². The number of hydrogen-bond acceptors (Lipinski definition) is 1. The lowest BCUT2D eigenvalue weighted by molar-refractivity contribution is 0.430. The van der Waals surface area contributed by atoms with E-state index < -0.39 is 4.59 Å². The Hall–Kier alpha value is 0.860. The molecule has 0 rings (SSSR count). The van der Waals surface area contributed by atoms with Crippen molar-refractivity contribution in [2.24, 2.45) is 0 Å². The average molecular weight is 176 g/mol. The third-order valence-electron chi connectivity index (χ3n) is 0.414. The highest BCUT2D eigenvalue weighted by Gasteiger charge is 2.20. The number of alkyl halides is 3. The van der Waals surface area contributed by atoms with Gasteiger partial charge in [0.1, 0.15) is 0 Å². The first-order valence-electron chi connectivity index (χ1n) is 2.02. The van der Waals surface area contributed by atoms with Crippen LogP contribution >= 0.6 is 35.0 Å². The van der Waals surface area contributed by atoms with Crippen molar-refractivity contribution in [3.05, 3.63) is 5.75 Å². The zero-order valence-electron chi connectivity index (χ0n) is 4.33. The molecule has 0 aliphatic carbocycles. The molecule has 0 saturated carbocycles. The molecule has 0 atom stereocenters. The molecule has 0 aromatic rings. The van der Waals surface area contributed by atoms with Crippen LogP contribution in [0.3, 0.4) is 0 Å². The molecule has 0 spiro atoms. The van der Waals surface area contributed by atoms with Gasteiger partial charge in [-0.1, -0.05) is 30.1 Å². The van der Waals surface area contributed by atoms with Gasteiger partial charge in [0.05, 0.1) is 5.75 Å². The van der Waals surface area contributed by atoms with Crippen LogP contribution in [0.1, 0.15) is 6.92 Å². The fourth-order valence-electron chi connectivity index (χ4n) is 0.178. The first-order chi connectivity index (χ1) is 3.56. The summed E-state index contributed by atoms with van der Waals surface area (Å²) in [6, 6.07) is 0. The molecule has 49 valence electrons. The lowest BCUT2D eigenvalue weighted by atomic mass is 10.9. The molecular formula is C4H6Cl2FS. The Balaban J connectivity index is 3.11. The molecule has 0 bridgehead atoms. The Morgan fingerprint density at radius 2 is 2.25 bits per heavy atom. The molecule has 0 aliphatic heterocycles. The SMILES string of the molecule is C[CH]SCC(F)(Cl)Cl. The Morgan fingerprint density at radius 1 is 1.75 bits per heavy atom. The van der Waals surface area contributed by atoms with Gasteiger partial charge >= 0.3 is 0 Å². The van der Waals surface area contributed by atoms with Crippen LogP contribution in [0.4, 0.5) is 4.39 Å². The summed E-state index contributed by atoms with van der Waals surface area (Å²) in [5, 5.41) is 0. The summed E-state index contributed by atoms with van der Waals surface area (Å²) in [6.45, 7) is 1.80. The minimum Gasteiger partial charge on any atom is -0.207 e. The molecule has 0 saturated heterocycles. The Kier molecular flexibility index (Phi) is 4.21. The molecule has 0 fully saturated rings. The predicted octanol–water partition coefficient (Wildman–Crippen LogP) is 3.00. The van der Waals surface area contributed by atoms with Gasteiger partial charge in [-0.3, -0.25) is 0 Å². The van der Waals surface area contributed by atoms with E-state index >= 15 is 0 Å². The van der Waals surface area contributed by atoms with Gasteiger partial charge in [0.2, 0.25) is 0 Å². The summed E-state index contributed by atoms with van der Waals surface area (Å²) in [7, 11) is 0. The van der Waals surface area contributed by atoms with Gasteiger partial charge < -0.3 is 0 Å². The molecule has 8 heavy (non-hydrogen) atoms. The van der Waals surface area contributed by atoms with E-state index in [1.807, 2.05) is 0 Å². The van der Waals surface area contributed by atoms with Crippen LogP contribution in [0.25, 0.3) is 0 Å². The number of thioether (sulfide) groups is 1. The smallest absolute Gasteiger partial charge is 0.207 e. The van der Waals surface area contributed by atoms with Crippen LogP contribution in [-0.4, -0.2) is 10.3 Å². The van der Waals surface area contributed by atoms with Gasteiger partial charge in [-0.25, -0.2) is 4.39 Å². The van der Waals surface area contributed by atoms with Crippen LogP contribution in [0.5, 0.6) is 0 Å². The quantitative estimate of drug-likeness (QED) is 0.595. The fourth-order valence-corrected chi connectivity index (χ4v) is 0.911. The molecule has 0 unspecified atom stereocenters. The monoisotopic (exact) mass is 175 g/mol. The van der Waals surface area contributed by atoms with Crippen LogP contribution in [0, 0.1) is 5.75 Å². The van der Waals surface area contributed by atoms with E-state index in [-0.39, 0.29) is 5.75 Å². The van der Waals surface area contributed by atoms with Crippen LogP contribution < -0.4 is 0 Å². The van der Waals surface area contributed by atoms with E-state index in [1.54, 1.807) is 12.7 Å². The number of rotatable bonds is 3. The van der Waals surface area contributed by atoms with Crippen molar-refractivity contribution in [1.29, 1.82) is 0 Å². The summed E-state index contributed by atoms with van der Waals surface area (Å²) < 4.78 is 9.99. The highest BCUT2D eigenvalue weighted by Crippen LogP contribution is 2.27. The standard InChI is InChI=1S/C4H6Cl2FS/c1-2-8-3-4(5,6)7/h2H,3H2,1H3. The predicted molar refractivity (Wildman–Crippen MR) is 38.0 cm³/mol. The second-order valence-corrected chi connectivity index (χ2v) is 3.65. The first-order valence-corrected chi connectivity index (χ1v) is 3.83. The van der Waals surface area contributed by atoms with Gasteiger partial charge in [-0.05, 0) is 0 Å². The van der Waals surface area contributed by atoms with Crippen molar-refractivity contribution in [1.82, 2.24) is 0 Å². The summed E-state index contributed by atoms with van der Waals surface area (Å²) in [5.41, 5.74) is 0. The average Bonchev–Trinajstić information content (AvgIpc) is 1.59. The molecule has 4 heteroatoms. The van der Waals surface area contributed by atoms with Gasteiger partial charge in [-0.2, -0.15) is 11.8 Å². The highest BCUT2D eigenvalue weighted by atomic mass is 35.5. The third-order valence-corrected chi connectivity index (χ3v) is 1.90. The van der Waals surface area contributed by atoms with Crippen molar-refractivity contribution < 1.29 is 4.39 Å². The van der Waals surface area contributed by atoms with Gasteiger partial charge in [0, 0.05) is 5.75 Å². The maximum atomic E-state index is 12.1. The summed E-state index contributed by atoms with van der Waals surface area (Å²) in [6.07, 6.45) is 0. The maximum Gasteiger partial charge on any atom is 0.266 e. The van der Waals surface area contributed by atoms with Gasteiger partial charge in [0.25, 0.3) is 4.59 Å². The third kappa shape index (κ3) is 6.86. The number of halogens is 3. The molecule has 0 aromatic heterocycles. The second kappa shape index (κ2) is 3.80. The lowest BCUT2D eigenvalue weighted by Crippen LogP contribution is -2.06. The Labute approximate surface area is 62.7 Å². The zero-order valence-corrected chi connectivity index (χ0v) is 6.65. The van der Waals surface area contributed by atoms with Gasteiger partial charge in [0.15, 0.2) is 0 Å². The van der Waals surface area contributed by atoms with E-state index in [1.165, 1.54) is 11.8 Å². The molecule has 0 amide bonds. The van der Waals surface area contributed by atoms with E-state index in [2.05, 4.69) is 0 Å². The molecule has 0 aliphatic rings. The van der Waals surface area contributed by atoms with Crippen molar-refractivity contribution in [2.75, 3.05) is 5.75 Å². The molecule has 1 radical (unpaired) electrons. The van der Waals surface area contributed by atoms with E-state index in [0.717, 1.165) is 0 Å². The number of hydrogen-bond donors (Lipinski definition) is 0. The van der Waals surface area contributed by atoms with Crippen molar-refractivity contribution >= 4 is 35.0 Å². The summed E-state index contributed by atoms with van der Waals surface area (Å²) >= 11 is 11.2. The normalized spacial score (nSPS) is 12.0. The molecule has 0 heterocycles. The highest BCUT2D eigenvalue weighted by molar-refractivity contribution is 8.01. The van der Waals surface area contributed by atoms with Crippen molar-refractivity contribution in [3.8, 4) is 0 Å². The first kappa shape index (κ1) is 8.86. The zero-order chi connectivity index (χ0) is 6.62. The molecular weight excluding hydrogens is 170 g/mol. The topological polar surface area (TPSA) is 0 Å². The lowest BCUT2D eigenvalue weighted by Gasteiger charge is -2.05. The van der Waals surface area contributed by atoms with Crippen molar-refractivity contribution in [2.45, 2.75) is 11.5 Å². The Morgan fingerprint density at radius 3 is 2.38 bits per heavy atom. The Bertz CT molecular complexity index is 61.5. The van der Waals surface area contributed by atoms with E-state index in [0.29, 0.717) is 0 Å². The summed E-state index contributed by atoms with van der Waals surface area (Å²) in [5.74, 6) is 1.83. The summed E-state index contributed by atoms with van der Waals surface area (Å²) in [4.78, 5) is 0. The maximum absolute atomic E-state index is 12.1. The minimum atomic E-state index is -2.07. The van der Waals surface area contributed by atoms with Crippen LogP contribution in [0.15, 0.2) is 0 Å². The molecule has 0 aromatic carbocycles. The second-order valence-electron chi connectivity index (χ2n) is 1.16. The largest absolute Gasteiger partial charge is 0.266 e. The van der Waals surface area contributed by atoms with E-state index in [4.69, 9.17) is 23.2 Å². The minimum absolute atomic E-state index is 0.0899. The molecule has 0 nitrogen and oxygen atoms in total. The van der Waals surface area contributed by atoms with E-state index in [9.17, 15) is 4.39 Å². The molecule has 0 N–H and O–H groups in total. The fraction of sp³-hybridized carbons (Fsp3) is 0.750. The van der Waals surface area contributed by atoms with Crippen LogP contribution in [0.2, 0.25) is 0 Å².